The Balaban J connectivity index is 2.10. The van der Waals surface area contributed by atoms with E-state index in [1.807, 2.05) is 0 Å². The van der Waals surface area contributed by atoms with Crippen molar-refractivity contribution in [3.8, 4) is 0 Å². The van der Waals surface area contributed by atoms with Gasteiger partial charge < -0.3 is 20.7 Å². The zero-order valence-electron chi connectivity index (χ0n) is 10.9. The molecule has 0 saturated carbocycles. The van der Waals surface area contributed by atoms with Gasteiger partial charge in [0.1, 0.15) is 24.6 Å². The van der Waals surface area contributed by atoms with Crippen molar-refractivity contribution in [3.05, 3.63) is 12.2 Å². The highest BCUT2D eigenvalue weighted by Gasteiger charge is 2.44. The van der Waals surface area contributed by atoms with Crippen molar-refractivity contribution < 1.29 is 28.2 Å². The largest absolute Gasteiger partial charge is 0.387 e. The first-order valence-corrected chi connectivity index (χ1v) is 7.75. The molecule has 2 heterocycles. The predicted octanol–water partition coefficient (Wildman–Crippen LogP) is -3.45. The van der Waals surface area contributed by atoms with Crippen LogP contribution in [-0.4, -0.2) is 70.4 Å². The van der Waals surface area contributed by atoms with Gasteiger partial charge in [0.2, 0.25) is 15.8 Å². The first-order chi connectivity index (χ1) is 9.69. The number of hydrogen-bond acceptors (Lipinski definition) is 8. The molecule has 1 aliphatic heterocycles. The lowest BCUT2D eigenvalue weighted by Gasteiger charge is -2.14. The maximum absolute atomic E-state index is 11.0. The highest BCUT2D eigenvalue weighted by Crippen LogP contribution is 2.28. The van der Waals surface area contributed by atoms with Gasteiger partial charge in [0.05, 0.1) is 6.26 Å². The number of hydrogen-bond donors (Lipinski definition) is 4. The molecule has 1 aromatic heterocycles. The van der Waals surface area contributed by atoms with Crippen LogP contribution in [0.15, 0.2) is 6.33 Å². The van der Waals surface area contributed by atoms with Gasteiger partial charge in [0.15, 0.2) is 6.23 Å². The lowest BCUT2D eigenvalue weighted by Crippen LogP contribution is -2.39. The van der Waals surface area contributed by atoms with Gasteiger partial charge in [-0.2, -0.15) is 0 Å². The second-order valence-electron chi connectivity index (χ2n) is 4.58. The first-order valence-electron chi connectivity index (χ1n) is 5.86. The monoisotopic (exact) mass is 321 g/mol. The zero-order valence-corrected chi connectivity index (χ0v) is 11.8. The average molecular weight is 321 g/mol. The first kappa shape index (κ1) is 15.8. The zero-order chi connectivity index (χ0) is 15.8. The van der Waals surface area contributed by atoms with E-state index < -0.39 is 40.5 Å². The molecule has 21 heavy (non-hydrogen) atoms. The Morgan fingerprint density at radius 2 is 2.19 bits per heavy atom. The molecule has 0 radical (unpaired) electrons. The molecule has 11 nitrogen and oxygen atoms in total. The van der Waals surface area contributed by atoms with E-state index in [0.29, 0.717) is 0 Å². The van der Waals surface area contributed by atoms with Gasteiger partial charge in [-0.1, -0.05) is 0 Å². The topological polar surface area (TPSA) is 170 Å². The molecule has 1 fully saturated rings. The van der Waals surface area contributed by atoms with Crippen LogP contribution in [0.25, 0.3) is 0 Å². The Labute approximate surface area is 119 Å². The molecule has 1 saturated heterocycles. The van der Waals surface area contributed by atoms with Crippen LogP contribution in [0.3, 0.4) is 0 Å². The number of aromatic nitrogens is 3. The molecule has 0 bridgehead atoms. The van der Waals surface area contributed by atoms with Crippen LogP contribution in [0.4, 0.5) is 0 Å². The summed E-state index contributed by atoms with van der Waals surface area (Å²) in [5.74, 6) is -1.12. The fraction of sp³-hybridized carbons (Fsp3) is 0.667. The Kier molecular flexibility index (Phi) is 4.25. The van der Waals surface area contributed by atoms with E-state index >= 15 is 0 Å². The molecule has 0 spiro atoms. The number of aliphatic hydroxyl groups is 2. The lowest BCUT2D eigenvalue weighted by molar-refractivity contribution is -0.0428. The third kappa shape index (κ3) is 3.54. The molecule has 1 amide bonds. The predicted molar refractivity (Wildman–Crippen MR) is 67.3 cm³/mol. The van der Waals surface area contributed by atoms with Gasteiger partial charge in [0, 0.05) is 6.54 Å². The highest BCUT2D eigenvalue weighted by molar-refractivity contribution is 7.88. The molecule has 2 unspecified atom stereocenters. The third-order valence-corrected chi connectivity index (χ3v) is 3.56. The number of ether oxygens (including phenoxy) is 1. The van der Waals surface area contributed by atoms with Crippen LogP contribution >= 0.6 is 0 Å². The molecule has 1 aromatic rings. The molecule has 5 N–H and O–H groups in total. The summed E-state index contributed by atoms with van der Waals surface area (Å²) in [7, 11) is -3.46. The SMILES string of the molecule is CS(=O)(=O)NCC1OC(n2cnc(C(N)=O)n2)[C@H](O)[C@@H]1O. The summed E-state index contributed by atoms with van der Waals surface area (Å²) >= 11 is 0. The normalized spacial score (nSPS) is 29.7. The summed E-state index contributed by atoms with van der Waals surface area (Å²) in [5, 5.41) is 23.5. The number of nitrogens with two attached hydrogens (primary N) is 1. The molecule has 0 aliphatic carbocycles. The highest BCUT2D eigenvalue weighted by atomic mass is 32.2. The molecular weight excluding hydrogens is 306 g/mol. The van der Waals surface area contributed by atoms with E-state index in [9.17, 15) is 23.4 Å². The standard InChI is InChI=1S/C9H15N5O6S/c1-21(18,19)12-2-4-5(15)6(16)9(20-4)14-3-11-8(13-14)7(10)17/h3-6,9,12,15-16H,2H2,1H3,(H2,10,17)/t4?,5-,6-,9?/m1/s1. The molecule has 4 atom stereocenters. The van der Waals surface area contributed by atoms with Crippen LogP contribution in [0.1, 0.15) is 16.8 Å². The van der Waals surface area contributed by atoms with Crippen molar-refractivity contribution in [3.63, 3.8) is 0 Å². The average Bonchev–Trinajstić information content (AvgIpc) is 2.94. The Bertz CT molecular complexity index is 630. The number of nitrogens with one attached hydrogen (secondary N) is 1. The fourth-order valence-electron chi connectivity index (χ4n) is 1.86. The minimum atomic E-state index is -3.46. The van der Waals surface area contributed by atoms with E-state index in [4.69, 9.17) is 10.5 Å². The van der Waals surface area contributed by atoms with Gasteiger partial charge in [-0.05, 0) is 0 Å². The van der Waals surface area contributed by atoms with Crippen LogP contribution < -0.4 is 10.5 Å². The van der Waals surface area contributed by atoms with Crippen molar-refractivity contribution in [2.45, 2.75) is 24.5 Å². The van der Waals surface area contributed by atoms with Gasteiger partial charge in [-0.25, -0.2) is 22.8 Å². The fourth-order valence-corrected chi connectivity index (χ4v) is 2.33. The number of rotatable bonds is 5. The summed E-state index contributed by atoms with van der Waals surface area (Å²) in [6.45, 7) is -0.217. The molecule has 118 valence electrons. The van der Waals surface area contributed by atoms with Gasteiger partial charge in [-0.15, -0.1) is 5.10 Å². The third-order valence-electron chi connectivity index (χ3n) is 2.87. The Hall–Kier alpha value is -1.60. The summed E-state index contributed by atoms with van der Waals surface area (Å²) < 4.78 is 30.6. The molecule has 1 aliphatic rings. The maximum atomic E-state index is 11.0. The number of primary amides is 1. The van der Waals surface area contributed by atoms with Crippen molar-refractivity contribution in [1.29, 1.82) is 0 Å². The molecular formula is C9H15N5O6S. The summed E-state index contributed by atoms with van der Waals surface area (Å²) in [5.41, 5.74) is 5.00. The minimum absolute atomic E-state index is 0.217. The number of carbonyl (C=O) groups excluding carboxylic acids is 1. The second kappa shape index (κ2) is 5.65. The Morgan fingerprint density at radius 3 is 2.71 bits per heavy atom. The molecule has 2 rings (SSSR count). The van der Waals surface area contributed by atoms with Crippen molar-refractivity contribution in [2.75, 3.05) is 12.8 Å². The van der Waals surface area contributed by atoms with Crippen LogP contribution in [-0.2, 0) is 14.8 Å². The van der Waals surface area contributed by atoms with Crippen molar-refractivity contribution in [1.82, 2.24) is 19.5 Å². The number of nitrogens with zero attached hydrogens (tertiary/aromatic N) is 3. The van der Waals surface area contributed by atoms with E-state index in [1.54, 1.807) is 0 Å². The van der Waals surface area contributed by atoms with E-state index in [1.165, 1.54) is 0 Å². The number of carbonyl (C=O) groups is 1. The van der Waals surface area contributed by atoms with E-state index in [2.05, 4.69) is 14.8 Å². The van der Waals surface area contributed by atoms with Crippen LogP contribution in [0.2, 0.25) is 0 Å². The van der Waals surface area contributed by atoms with Crippen molar-refractivity contribution >= 4 is 15.9 Å². The van der Waals surface area contributed by atoms with Gasteiger partial charge >= 0.3 is 0 Å². The summed E-state index contributed by atoms with van der Waals surface area (Å²) in [6.07, 6.45) is -2.69. The van der Waals surface area contributed by atoms with Gasteiger partial charge in [0.25, 0.3) is 5.91 Å². The molecule has 0 aromatic carbocycles. The van der Waals surface area contributed by atoms with E-state index in [-0.39, 0.29) is 12.4 Å². The van der Waals surface area contributed by atoms with Crippen molar-refractivity contribution in [2.24, 2.45) is 5.73 Å². The molecule has 12 heteroatoms. The Morgan fingerprint density at radius 1 is 1.52 bits per heavy atom. The number of aliphatic hydroxyl groups excluding tert-OH is 2. The van der Waals surface area contributed by atoms with Crippen LogP contribution in [0, 0.1) is 0 Å². The van der Waals surface area contributed by atoms with E-state index in [0.717, 1.165) is 17.3 Å². The smallest absolute Gasteiger partial charge is 0.288 e. The second-order valence-corrected chi connectivity index (χ2v) is 6.41. The summed E-state index contributed by atoms with van der Waals surface area (Å²) in [6, 6.07) is 0. The van der Waals surface area contributed by atoms with Gasteiger partial charge in [-0.3, -0.25) is 4.79 Å². The minimum Gasteiger partial charge on any atom is -0.387 e. The van der Waals surface area contributed by atoms with Crippen LogP contribution in [0.5, 0.6) is 0 Å². The quantitative estimate of drug-likeness (QED) is 0.433. The lowest BCUT2D eigenvalue weighted by atomic mass is 10.1. The summed E-state index contributed by atoms with van der Waals surface area (Å²) in [4.78, 5) is 14.5. The number of amides is 1. The maximum Gasteiger partial charge on any atom is 0.288 e. The number of sulfonamides is 1.